The van der Waals surface area contributed by atoms with Crippen molar-refractivity contribution in [3.8, 4) is 0 Å². The highest BCUT2D eigenvalue weighted by Gasteiger charge is 2.29. The molecule has 0 bridgehead atoms. The van der Waals surface area contributed by atoms with E-state index in [0.29, 0.717) is 29.7 Å². The molecule has 0 saturated carbocycles. The van der Waals surface area contributed by atoms with E-state index in [1.54, 1.807) is 18.0 Å². The van der Waals surface area contributed by atoms with Crippen LogP contribution in [-0.2, 0) is 0 Å². The maximum Gasteiger partial charge on any atom is 0.323 e. The van der Waals surface area contributed by atoms with Crippen LogP contribution in [0.15, 0.2) is 24.4 Å². The van der Waals surface area contributed by atoms with Gasteiger partial charge in [0.1, 0.15) is 5.82 Å². The van der Waals surface area contributed by atoms with E-state index in [4.69, 9.17) is 0 Å². The molecular weight excluding hydrogens is 314 g/mol. The smallest absolute Gasteiger partial charge is 0.323 e. The number of urea groups is 1. The van der Waals surface area contributed by atoms with E-state index in [0.717, 1.165) is 12.8 Å². The number of rotatable bonds is 3. The van der Waals surface area contributed by atoms with Gasteiger partial charge in [0.15, 0.2) is 0 Å². The fourth-order valence-corrected chi connectivity index (χ4v) is 3.29. The van der Waals surface area contributed by atoms with Crippen molar-refractivity contribution in [1.82, 2.24) is 19.2 Å². The third-order valence-electron chi connectivity index (χ3n) is 4.01. The number of aryl methyl sites for hydroxylation is 1. The van der Waals surface area contributed by atoms with Crippen molar-refractivity contribution >= 4 is 22.7 Å². The molecule has 1 atom stereocenters. The van der Waals surface area contributed by atoms with E-state index in [9.17, 15) is 9.90 Å². The molecule has 0 unspecified atom stereocenters. The molecule has 3 heterocycles. The van der Waals surface area contributed by atoms with Crippen LogP contribution in [0.25, 0.3) is 0 Å². The van der Waals surface area contributed by atoms with Crippen molar-refractivity contribution in [3.05, 3.63) is 35.9 Å². The van der Waals surface area contributed by atoms with E-state index >= 15 is 0 Å². The van der Waals surface area contributed by atoms with E-state index in [1.807, 2.05) is 18.2 Å². The Labute approximate surface area is 138 Å². The van der Waals surface area contributed by atoms with Crippen LogP contribution in [0.5, 0.6) is 0 Å². The van der Waals surface area contributed by atoms with Gasteiger partial charge in [-0.05, 0) is 37.8 Å². The molecule has 3 rings (SSSR count). The van der Waals surface area contributed by atoms with Crippen LogP contribution in [0, 0.1) is 12.8 Å². The average molecular weight is 333 g/mol. The number of amides is 2. The Morgan fingerprint density at radius 3 is 2.83 bits per heavy atom. The SMILES string of the molecule is Cc1nsc(NC(=O)N2CCC([C@@H](O)c3ccccn3)CC2)n1. The Kier molecular flexibility index (Phi) is 4.82. The number of pyridine rings is 1. The van der Waals surface area contributed by atoms with Crippen LogP contribution in [-0.4, -0.2) is 43.5 Å². The minimum Gasteiger partial charge on any atom is -0.387 e. The van der Waals surface area contributed by atoms with Gasteiger partial charge in [-0.25, -0.2) is 9.78 Å². The monoisotopic (exact) mass is 333 g/mol. The van der Waals surface area contributed by atoms with E-state index in [-0.39, 0.29) is 11.9 Å². The van der Waals surface area contributed by atoms with Crippen molar-refractivity contribution in [1.29, 1.82) is 0 Å². The number of hydrogen-bond donors (Lipinski definition) is 2. The molecule has 23 heavy (non-hydrogen) atoms. The number of carbonyl (C=O) groups is 1. The maximum absolute atomic E-state index is 12.2. The number of carbonyl (C=O) groups excluding carboxylic acids is 1. The molecule has 0 radical (unpaired) electrons. The van der Waals surface area contributed by atoms with Gasteiger partial charge in [-0.15, -0.1) is 0 Å². The largest absolute Gasteiger partial charge is 0.387 e. The molecule has 1 saturated heterocycles. The first kappa shape index (κ1) is 15.8. The lowest BCUT2D eigenvalue weighted by atomic mass is 9.89. The molecule has 1 aliphatic heterocycles. The minimum absolute atomic E-state index is 0.123. The van der Waals surface area contributed by atoms with Gasteiger partial charge >= 0.3 is 6.03 Å². The number of aliphatic hydroxyl groups excluding tert-OH is 1. The van der Waals surface area contributed by atoms with Crippen molar-refractivity contribution in [2.75, 3.05) is 18.4 Å². The molecule has 2 N–H and O–H groups in total. The van der Waals surface area contributed by atoms with Gasteiger partial charge in [0.05, 0.1) is 11.8 Å². The Bertz CT molecular complexity index is 655. The summed E-state index contributed by atoms with van der Waals surface area (Å²) in [6, 6.07) is 5.38. The average Bonchev–Trinajstić information content (AvgIpc) is 3.00. The van der Waals surface area contributed by atoms with Crippen molar-refractivity contribution in [3.63, 3.8) is 0 Å². The number of nitrogens with one attached hydrogen (secondary N) is 1. The fraction of sp³-hybridized carbons (Fsp3) is 0.467. The number of piperidine rings is 1. The molecule has 0 aromatic carbocycles. The first-order valence-electron chi connectivity index (χ1n) is 7.58. The summed E-state index contributed by atoms with van der Waals surface area (Å²) in [7, 11) is 0. The predicted octanol–water partition coefficient (Wildman–Crippen LogP) is 2.22. The number of anilines is 1. The zero-order valence-corrected chi connectivity index (χ0v) is 13.7. The summed E-state index contributed by atoms with van der Waals surface area (Å²) in [4.78, 5) is 22.3. The summed E-state index contributed by atoms with van der Waals surface area (Å²) in [6.45, 7) is 3.01. The molecule has 0 aliphatic carbocycles. The van der Waals surface area contributed by atoms with Crippen molar-refractivity contribution in [2.24, 2.45) is 5.92 Å². The van der Waals surface area contributed by atoms with E-state index in [2.05, 4.69) is 19.7 Å². The Morgan fingerprint density at radius 1 is 1.43 bits per heavy atom. The molecule has 1 fully saturated rings. The first-order valence-corrected chi connectivity index (χ1v) is 8.36. The normalized spacial score (nSPS) is 17.0. The van der Waals surface area contributed by atoms with Gasteiger partial charge in [0.25, 0.3) is 0 Å². The lowest BCUT2D eigenvalue weighted by Crippen LogP contribution is -2.42. The fourth-order valence-electron chi connectivity index (χ4n) is 2.73. The number of nitrogens with zero attached hydrogens (tertiary/aromatic N) is 4. The molecule has 2 amide bonds. The second-order valence-electron chi connectivity index (χ2n) is 5.60. The van der Waals surface area contributed by atoms with Crippen LogP contribution < -0.4 is 5.32 Å². The van der Waals surface area contributed by atoms with Gasteiger partial charge < -0.3 is 10.0 Å². The van der Waals surface area contributed by atoms with Crippen LogP contribution in [0.3, 0.4) is 0 Å². The second-order valence-corrected chi connectivity index (χ2v) is 6.35. The number of aliphatic hydroxyl groups is 1. The summed E-state index contributed by atoms with van der Waals surface area (Å²) >= 11 is 1.18. The number of likely N-dealkylation sites (tertiary alicyclic amines) is 1. The Morgan fingerprint density at radius 2 is 2.22 bits per heavy atom. The summed E-state index contributed by atoms with van der Waals surface area (Å²) in [5.41, 5.74) is 0.694. The highest BCUT2D eigenvalue weighted by molar-refractivity contribution is 7.09. The van der Waals surface area contributed by atoms with Crippen LogP contribution in [0.2, 0.25) is 0 Å². The van der Waals surface area contributed by atoms with Gasteiger partial charge in [-0.1, -0.05) is 6.07 Å². The summed E-state index contributed by atoms with van der Waals surface area (Å²) < 4.78 is 4.04. The first-order chi connectivity index (χ1) is 11.1. The molecule has 2 aromatic heterocycles. The predicted molar refractivity (Wildman–Crippen MR) is 87.2 cm³/mol. The van der Waals surface area contributed by atoms with E-state index in [1.165, 1.54) is 11.5 Å². The van der Waals surface area contributed by atoms with Crippen molar-refractivity contribution in [2.45, 2.75) is 25.9 Å². The Balaban J connectivity index is 1.53. The molecular formula is C15H19N5O2S. The second kappa shape index (κ2) is 7.01. The summed E-state index contributed by atoms with van der Waals surface area (Å²) in [5.74, 6) is 0.778. The van der Waals surface area contributed by atoms with Crippen molar-refractivity contribution < 1.29 is 9.90 Å². The van der Waals surface area contributed by atoms with Gasteiger partial charge in [0.2, 0.25) is 5.13 Å². The molecule has 122 valence electrons. The quantitative estimate of drug-likeness (QED) is 0.898. The van der Waals surface area contributed by atoms with Crippen LogP contribution >= 0.6 is 11.5 Å². The minimum atomic E-state index is -0.577. The maximum atomic E-state index is 12.2. The lowest BCUT2D eigenvalue weighted by Gasteiger charge is -2.33. The van der Waals surface area contributed by atoms with E-state index < -0.39 is 6.10 Å². The lowest BCUT2D eigenvalue weighted by molar-refractivity contribution is 0.0652. The number of aromatic nitrogens is 3. The Hall–Kier alpha value is -2.06. The standard InChI is InChI=1S/C15H19N5O2S/c1-10-17-14(23-19-10)18-15(22)20-8-5-11(6-9-20)13(21)12-4-2-3-7-16-12/h2-4,7,11,13,21H,5-6,8-9H2,1H3,(H,17,18,19,22)/t13-/m1/s1. The highest BCUT2D eigenvalue weighted by atomic mass is 32.1. The number of hydrogen-bond acceptors (Lipinski definition) is 6. The topological polar surface area (TPSA) is 91.2 Å². The van der Waals surface area contributed by atoms with Crippen LogP contribution in [0.4, 0.5) is 9.93 Å². The third kappa shape index (κ3) is 3.83. The summed E-state index contributed by atoms with van der Waals surface area (Å²) in [5, 5.41) is 13.7. The third-order valence-corrected chi connectivity index (χ3v) is 4.73. The van der Waals surface area contributed by atoms with Gasteiger partial charge in [-0.3, -0.25) is 10.3 Å². The molecule has 8 heteroatoms. The zero-order valence-electron chi connectivity index (χ0n) is 12.8. The molecule has 0 spiro atoms. The summed E-state index contributed by atoms with van der Waals surface area (Å²) in [6.07, 6.45) is 2.61. The molecule has 7 nitrogen and oxygen atoms in total. The molecule has 1 aliphatic rings. The molecule has 2 aromatic rings. The highest BCUT2D eigenvalue weighted by Crippen LogP contribution is 2.29. The van der Waals surface area contributed by atoms with Gasteiger partial charge in [-0.2, -0.15) is 4.37 Å². The zero-order chi connectivity index (χ0) is 16.2. The van der Waals surface area contributed by atoms with Crippen LogP contribution in [0.1, 0.15) is 30.5 Å². The van der Waals surface area contributed by atoms with Gasteiger partial charge in [0, 0.05) is 30.8 Å².